The molecule has 2 rings (SSSR count). The molecule has 2 aromatic carbocycles. The van der Waals surface area contributed by atoms with Gasteiger partial charge in [0, 0.05) is 5.69 Å². The smallest absolute Gasteiger partial charge is 0.250 e. The van der Waals surface area contributed by atoms with Crippen molar-refractivity contribution in [3.05, 3.63) is 65.7 Å². The van der Waals surface area contributed by atoms with Crippen LogP contribution in [-0.4, -0.2) is 25.6 Å². The second kappa shape index (κ2) is 14.9. The average molecular weight is 371 g/mol. The minimum Gasteiger partial charge on any atom is -0.367 e. The van der Waals surface area contributed by atoms with Crippen molar-refractivity contribution in [1.82, 2.24) is 5.32 Å². The lowest BCUT2D eigenvalue weighted by Crippen LogP contribution is -2.18. The van der Waals surface area contributed by atoms with Gasteiger partial charge in [0.05, 0.1) is 6.61 Å². The van der Waals surface area contributed by atoms with Gasteiger partial charge in [0.2, 0.25) is 5.91 Å². The number of hydrogen-bond acceptors (Lipinski definition) is 3. The van der Waals surface area contributed by atoms with Gasteiger partial charge >= 0.3 is 0 Å². The molecule has 0 fully saturated rings. The summed E-state index contributed by atoms with van der Waals surface area (Å²) in [5.41, 5.74) is 3.08. The summed E-state index contributed by atoms with van der Waals surface area (Å²) >= 11 is 0. The Kier molecular flexibility index (Phi) is 12.7. The van der Waals surface area contributed by atoms with E-state index in [1.54, 1.807) is 0 Å². The lowest BCUT2D eigenvalue weighted by molar-refractivity contribution is -0.121. The second-order valence-electron chi connectivity index (χ2n) is 6.29. The van der Waals surface area contributed by atoms with E-state index in [4.69, 9.17) is 4.74 Å². The van der Waals surface area contributed by atoms with E-state index >= 15 is 0 Å². The number of carbonyl (C=O) groups excluding carboxylic acids is 1. The fourth-order valence-corrected chi connectivity index (χ4v) is 2.38. The van der Waals surface area contributed by atoms with Crippen LogP contribution in [0.4, 0.5) is 5.69 Å². The number of ether oxygens (including phenoxy) is 1. The molecular weight excluding hydrogens is 336 g/mol. The van der Waals surface area contributed by atoms with Crippen molar-refractivity contribution in [2.24, 2.45) is 0 Å². The highest BCUT2D eigenvalue weighted by Crippen LogP contribution is 2.11. The van der Waals surface area contributed by atoms with E-state index in [2.05, 4.69) is 31.4 Å². The fraction of sp³-hybridized carbons (Fsp3) is 0.435. The summed E-state index contributed by atoms with van der Waals surface area (Å²) in [4.78, 5) is 11.8. The van der Waals surface area contributed by atoms with Gasteiger partial charge < -0.3 is 15.4 Å². The molecule has 2 aromatic rings. The number of anilines is 1. The molecule has 0 aliphatic heterocycles. The SMILES string of the molecule is CCCCNCC.CCc1cccc(NC(=O)COCc2ccccc2)c1. The van der Waals surface area contributed by atoms with Crippen molar-refractivity contribution < 1.29 is 9.53 Å². The van der Waals surface area contributed by atoms with Crippen LogP contribution in [-0.2, 0) is 22.6 Å². The van der Waals surface area contributed by atoms with Crippen LogP contribution in [0.25, 0.3) is 0 Å². The van der Waals surface area contributed by atoms with Gasteiger partial charge in [-0.2, -0.15) is 0 Å². The predicted molar refractivity (Wildman–Crippen MR) is 114 cm³/mol. The number of hydrogen-bond donors (Lipinski definition) is 2. The quantitative estimate of drug-likeness (QED) is 0.591. The molecule has 4 heteroatoms. The van der Waals surface area contributed by atoms with E-state index in [1.807, 2.05) is 54.6 Å². The maximum absolute atomic E-state index is 11.8. The normalized spacial score (nSPS) is 10.0. The molecule has 0 aliphatic rings. The van der Waals surface area contributed by atoms with Crippen LogP contribution >= 0.6 is 0 Å². The first-order chi connectivity index (χ1) is 13.2. The van der Waals surface area contributed by atoms with Crippen LogP contribution in [0.5, 0.6) is 0 Å². The molecule has 0 heterocycles. The maximum atomic E-state index is 11.8. The van der Waals surface area contributed by atoms with Crippen molar-refractivity contribution in [3.63, 3.8) is 0 Å². The van der Waals surface area contributed by atoms with Crippen molar-refractivity contribution >= 4 is 11.6 Å². The number of rotatable bonds is 10. The second-order valence-corrected chi connectivity index (χ2v) is 6.29. The molecule has 0 aromatic heterocycles. The molecular formula is C23H34N2O2. The fourth-order valence-electron chi connectivity index (χ4n) is 2.38. The van der Waals surface area contributed by atoms with E-state index in [9.17, 15) is 4.79 Å². The Morgan fingerprint density at radius 1 is 0.963 bits per heavy atom. The van der Waals surface area contributed by atoms with Crippen molar-refractivity contribution in [2.75, 3.05) is 25.0 Å². The monoisotopic (exact) mass is 370 g/mol. The first-order valence-corrected chi connectivity index (χ1v) is 9.90. The molecule has 0 saturated heterocycles. The Morgan fingerprint density at radius 3 is 2.37 bits per heavy atom. The zero-order chi connectivity index (χ0) is 19.7. The summed E-state index contributed by atoms with van der Waals surface area (Å²) < 4.78 is 5.40. The summed E-state index contributed by atoms with van der Waals surface area (Å²) in [6, 6.07) is 17.7. The molecule has 0 unspecified atom stereocenters. The average Bonchev–Trinajstić information content (AvgIpc) is 2.70. The number of benzene rings is 2. The lowest BCUT2D eigenvalue weighted by atomic mass is 10.1. The summed E-state index contributed by atoms with van der Waals surface area (Å²) in [6.45, 7) is 9.23. The third-order valence-electron chi connectivity index (χ3n) is 3.92. The van der Waals surface area contributed by atoms with Crippen LogP contribution in [0.3, 0.4) is 0 Å². The molecule has 2 N–H and O–H groups in total. The van der Waals surface area contributed by atoms with Gasteiger partial charge in [-0.15, -0.1) is 0 Å². The van der Waals surface area contributed by atoms with Gasteiger partial charge in [0.1, 0.15) is 6.61 Å². The number of nitrogens with one attached hydrogen (secondary N) is 2. The summed E-state index contributed by atoms with van der Waals surface area (Å²) in [7, 11) is 0. The topological polar surface area (TPSA) is 50.4 Å². The number of unbranched alkanes of at least 4 members (excludes halogenated alkanes) is 1. The third-order valence-corrected chi connectivity index (χ3v) is 3.92. The molecule has 0 aliphatic carbocycles. The first kappa shape index (κ1) is 22.9. The Bertz CT molecular complexity index is 625. The summed E-state index contributed by atoms with van der Waals surface area (Å²) in [6.07, 6.45) is 3.56. The molecule has 0 bridgehead atoms. The number of aryl methyl sites for hydroxylation is 1. The van der Waals surface area contributed by atoms with Crippen LogP contribution < -0.4 is 10.6 Å². The van der Waals surface area contributed by atoms with Gasteiger partial charge in [0.15, 0.2) is 0 Å². The molecule has 0 spiro atoms. The van der Waals surface area contributed by atoms with Gasteiger partial charge in [-0.05, 0) is 49.2 Å². The highest BCUT2D eigenvalue weighted by Gasteiger charge is 2.03. The zero-order valence-corrected chi connectivity index (χ0v) is 17.0. The van der Waals surface area contributed by atoms with Gasteiger partial charge in [-0.1, -0.05) is 69.7 Å². The summed E-state index contributed by atoms with van der Waals surface area (Å²) in [5.74, 6) is -0.130. The Morgan fingerprint density at radius 2 is 1.70 bits per heavy atom. The number of carbonyl (C=O) groups is 1. The van der Waals surface area contributed by atoms with Crippen LogP contribution in [0.1, 0.15) is 44.7 Å². The molecule has 0 atom stereocenters. The Hall–Kier alpha value is -2.17. The largest absolute Gasteiger partial charge is 0.367 e. The zero-order valence-electron chi connectivity index (χ0n) is 17.0. The predicted octanol–water partition coefficient (Wildman–Crippen LogP) is 4.80. The van der Waals surface area contributed by atoms with Gasteiger partial charge in [-0.25, -0.2) is 0 Å². The lowest BCUT2D eigenvalue weighted by Gasteiger charge is -2.07. The minimum absolute atomic E-state index is 0.0608. The van der Waals surface area contributed by atoms with E-state index < -0.39 is 0 Å². The highest BCUT2D eigenvalue weighted by molar-refractivity contribution is 5.91. The Labute approximate surface area is 164 Å². The van der Waals surface area contributed by atoms with E-state index in [0.717, 1.165) is 24.2 Å². The van der Waals surface area contributed by atoms with E-state index in [0.29, 0.717) is 6.61 Å². The van der Waals surface area contributed by atoms with Crippen LogP contribution in [0.2, 0.25) is 0 Å². The van der Waals surface area contributed by atoms with E-state index in [1.165, 1.54) is 24.9 Å². The molecule has 148 valence electrons. The Balaban J connectivity index is 0.000000445. The standard InChI is InChI=1S/C17H19NO2.C6H15N/c1-2-14-9-6-10-16(11-14)18-17(19)13-20-12-15-7-4-3-5-8-15;1-3-5-6-7-4-2/h3-11H,2,12-13H2,1H3,(H,18,19);7H,3-6H2,1-2H3. The molecule has 0 radical (unpaired) electrons. The molecule has 0 saturated carbocycles. The molecule has 27 heavy (non-hydrogen) atoms. The minimum atomic E-state index is -0.130. The number of amides is 1. The van der Waals surface area contributed by atoms with Gasteiger partial charge in [0.25, 0.3) is 0 Å². The summed E-state index contributed by atoms with van der Waals surface area (Å²) in [5, 5.41) is 6.09. The first-order valence-electron chi connectivity index (χ1n) is 9.90. The third kappa shape index (κ3) is 11.2. The molecule has 1 amide bonds. The van der Waals surface area contributed by atoms with Crippen LogP contribution in [0, 0.1) is 0 Å². The van der Waals surface area contributed by atoms with Crippen LogP contribution in [0.15, 0.2) is 54.6 Å². The maximum Gasteiger partial charge on any atom is 0.250 e. The van der Waals surface area contributed by atoms with Crippen molar-refractivity contribution in [1.29, 1.82) is 0 Å². The van der Waals surface area contributed by atoms with Gasteiger partial charge in [-0.3, -0.25) is 4.79 Å². The highest BCUT2D eigenvalue weighted by atomic mass is 16.5. The van der Waals surface area contributed by atoms with E-state index in [-0.39, 0.29) is 12.5 Å². The molecule has 4 nitrogen and oxygen atoms in total. The van der Waals surface area contributed by atoms with Crippen molar-refractivity contribution in [3.8, 4) is 0 Å². The van der Waals surface area contributed by atoms with Crippen molar-refractivity contribution in [2.45, 2.75) is 46.6 Å².